The van der Waals surface area contributed by atoms with Crippen molar-refractivity contribution in [1.29, 1.82) is 5.26 Å². The highest BCUT2D eigenvalue weighted by molar-refractivity contribution is 5.51. The second kappa shape index (κ2) is 5.99. The Hall–Kier alpha value is -2.69. The predicted molar refractivity (Wildman–Crippen MR) is 88.3 cm³/mol. The Bertz CT molecular complexity index is 893. The summed E-state index contributed by atoms with van der Waals surface area (Å²) in [6, 6.07) is 3.54. The van der Waals surface area contributed by atoms with E-state index in [0.717, 1.165) is 6.42 Å². The molecular weight excluding hydrogens is 323 g/mol. The van der Waals surface area contributed by atoms with Crippen LogP contribution in [0.3, 0.4) is 0 Å². The number of hydrogen-bond donors (Lipinski definition) is 1. The number of pyridine rings is 1. The first kappa shape index (κ1) is 15.8. The van der Waals surface area contributed by atoms with Gasteiger partial charge in [0.25, 0.3) is 0 Å². The fraction of sp³-hybridized carbons (Fsp3) is 0.529. The van der Waals surface area contributed by atoms with Crippen LogP contribution in [-0.4, -0.2) is 26.3 Å². The molecule has 2 aliphatic rings. The molecule has 1 aliphatic heterocycles. The fourth-order valence-corrected chi connectivity index (χ4v) is 3.93. The average molecular weight is 342 g/mol. The van der Waals surface area contributed by atoms with E-state index in [1.165, 1.54) is 23.6 Å². The molecule has 0 radical (unpaired) electrons. The monoisotopic (exact) mass is 342 g/mol. The van der Waals surface area contributed by atoms with Crippen LogP contribution in [0.25, 0.3) is 0 Å². The van der Waals surface area contributed by atoms with Crippen LogP contribution >= 0.6 is 0 Å². The molecule has 2 aromatic heterocycles. The van der Waals surface area contributed by atoms with Gasteiger partial charge < -0.3 is 4.90 Å². The first-order valence-electron chi connectivity index (χ1n) is 8.49. The lowest BCUT2D eigenvalue weighted by Gasteiger charge is -2.29. The quantitative estimate of drug-likeness (QED) is 0.913. The molecule has 1 aliphatic carbocycles. The fourth-order valence-electron chi connectivity index (χ4n) is 3.93. The molecule has 2 unspecified atom stereocenters. The molecule has 3 heterocycles. The van der Waals surface area contributed by atoms with Gasteiger partial charge in [0.05, 0.1) is 36.1 Å². The van der Waals surface area contributed by atoms with Gasteiger partial charge in [-0.3, -0.25) is 9.55 Å². The van der Waals surface area contributed by atoms with Gasteiger partial charge in [-0.1, -0.05) is 0 Å². The lowest BCUT2D eigenvalue weighted by atomic mass is 9.94. The van der Waals surface area contributed by atoms with Crippen molar-refractivity contribution >= 4 is 5.69 Å². The van der Waals surface area contributed by atoms with E-state index in [0.29, 0.717) is 35.6 Å². The van der Waals surface area contributed by atoms with Crippen LogP contribution in [0.4, 0.5) is 10.1 Å². The van der Waals surface area contributed by atoms with Crippen molar-refractivity contribution in [1.82, 2.24) is 19.7 Å². The van der Waals surface area contributed by atoms with Crippen molar-refractivity contribution < 1.29 is 4.39 Å². The molecule has 4 rings (SSSR count). The summed E-state index contributed by atoms with van der Waals surface area (Å²) in [7, 11) is 1.69. The number of rotatable bonds is 4. The lowest BCUT2D eigenvalue weighted by Crippen LogP contribution is -2.30. The Balaban J connectivity index is 1.78. The molecule has 8 heteroatoms. The Labute approximate surface area is 144 Å². The highest BCUT2D eigenvalue weighted by atomic mass is 19.1. The Morgan fingerprint density at radius 3 is 2.88 bits per heavy atom. The topological polar surface area (TPSA) is 90.6 Å². The van der Waals surface area contributed by atoms with Gasteiger partial charge in [0.1, 0.15) is 0 Å². The van der Waals surface area contributed by atoms with Crippen molar-refractivity contribution in [3.05, 3.63) is 40.1 Å². The summed E-state index contributed by atoms with van der Waals surface area (Å²) in [6.45, 7) is 0.694. The number of nitrogens with zero attached hydrogens (tertiary/aromatic N) is 5. The van der Waals surface area contributed by atoms with Gasteiger partial charge in [0.15, 0.2) is 11.6 Å². The van der Waals surface area contributed by atoms with Crippen LogP contribution in [0, 0.1) is 29.0 Å². The second-order valence-electron chi connectivity index (χ2n) is 6.84. The minimum atomic E-state index is -0.413. The number of H-pyrrole nitrogens is 1. The minimum absolute atomic E-state index is 0.138. The van der Waals surface area contributed by atoms with E-state index in [1.54, 1.807) is 13.1 Å². The summed E-state index contributed by atoms with van der Waals surface area (Å²) in [4.78, 5) is 17.8. The van der Waals surface area contributed by atoms with Gasteiger partial charge in [0.2, 0.25) is 0 Å². The summed E-state index contributed by atoms with van der Waals surface area (Å²) in [5, 5.41) is 15.6. The van der Waals surface area contributed by atoms with E-state index in [4.69, 9.17) is 5.26 Å². The van der Waals surface area contributed by atoms with Crippen molar-refractivity contribution in [2.45, 2.75) is 31.7 Å². The molecular formula is C17H19FN6O. The van der Waals surface area contributed by atoms with Gasteiger partial charge in [-0.25, -0.2) is 14.3 Å². The van der Waals surface area contributed by atoms with Gasteiger partial charge in [-0.15, -0.1) is 0 Å². The van der Waals surface area contributed by atoms with Crippen molar-refractivity contribution in [2.24, 2.45) is 18.9 Å². The normalized spacial score (nSPS) is 23.0. The maximum Gasteiger partial charge on any atom is 0.343 e. The molecule has 2 atom stereocenters. The number of hydrogen-bond acceptors (Lipinski definition) is 5. The third-order valence-electron chi connectivity index (χ3n) is 5.31. The molecule has 7 nitrogen and oxygen atoms in total. The zero-order valence-electron chi connectivity index (χ0n) is 13.9. The van der Waals surface area contributed by atoms with Gasteiger partial charge in [-0.05, 0) is 37.2 Å². The largest absolute Gasteiger partial charge is 0.358 e. The lowest BCUT2D eigenvalue weighted by molar-refractivity contribution is 0.404. The summed E-state index contributed by atoms with van der Waals surface area (Å²) in [5.41, 5.74) is 0.712. The standard InChI is InChI=1S/C17H19FN6O/c1-23-16(21-22-17(23)25)15-12(10-2-3-10)5-7-24(15)14-8-11(4-6-19)20-9-13(14)18/h8-10,12,15H,2-5,7H2,1H3,(H,22,25). The van der Waals surface area contributed by atoms with Crippen LogP contribution in [0.5, 0.6) is 0 Å². The van der Waals surface area contributed by atoms with Crippen LogP contribution in [0.1, 0.15) is 36.8 Å². The van der Waals surface area contributed by atoms with Crippen molar-refractivity contribution in [2.75, 3.05) is 11.4 Å². The SMILES string of the molecule is Cn1c(C2C(C3CC3)CCN2c2cc(CC#N)ncc2F)n[nH]c1=O. The molecule has 0 amide bonds. The summed E-state index contributed by atoms with van der Waals surface area (Å²) < 4.78 is 16.0. The molecule has 0 aromatic carbocycles. The first-order chi connectivity index (χ1) is 12.1. The summed E-state index contributed by atoms with van der Waals surface area (Å²) >= 11 is 0. The zero-order valence-corrected chi connectivity index (χ0v) is 13.9. The van der Waals surface area contributed by atoms with E-state index in [-0.39, 0.29) is 18.2 Å². The average Bonchev–Trinajstić information content (AvgIpc) is 3.28. The van der Waals surface area contributed by atoms with Crippen LogP contribution < -0.4 is 10.6 Å². The summed E-state index contributed by atoms with van der Waals surface area (Å²) in [6.07, 6.45) is 4.59. The van der Waals surface area contributed by atoms with Crippen LogP contribution in [0.15, 0.2) is 17.1 Å². The highest BCUT2D eigenvalue weighted by Crippen LogP contribution is 2.51. The molecule has 1 N–H and O–H groups in total. The smallest absolute Gasteiger partial charge is 0.343 e. The summed E-state index contributed by atoms with van der Waals surface area (Å²) in [5.74, 6) is 1.17. The van der Waals surface area contributed by atoms with Crippen LogP contribution in [-0.2, 0) is 13.5 Å². The molecule has 0 bridgehead atoms. The molecule has 1 saturated heterocycles. The van der Waals surface area contributed by atoms with E-state index in [9.17, 15) is 9.18 Å². The number of aromatic amines is 1. The van der Waals surface area contributed by atoms with Gasteiger partial charge in [0, 0.05) is 13.6 Å². The molecule has 0 spiro atoms. The maximum atomic E-state index is 14.5. The van der Waals surface area contributed by atoms with E-state index in [1.807, 2.05) is 11.0 Å². The Kier molecular flexibility index (Phi) is 3.79. The van der Waals surface area contributed by atoms with Crippen molar-refractivity contribution in [3.63, 3.8) is 0 Å². The molecule has 2 fully saturated rings. The number of anilines is 1. The Morgan fingerprint density at radius 2 is 2.24 bits per heavy atom. The van der Waals surface area contributed by atoms with Crippen molar-refractivity contribution in [3.8, 4) is 6.07 Å². The van der Waals surface area contributed by atoms with Gasteiger partial charge >= 0.3 is 5.69 Å². The molecule has 25 heavy (non-hydrogen) atoms. The minimum Gasteiger partial charge on any atom is -0.358 e. The zero-order chi connectivity index (χ0) is 17.6. The van der Waals surface area contributed by atoms with E-state index >= 15 is 0 Å². The Morgan fingerprint density at radius 1 is 1.44 bits per heavy atom. The molecule has 2 aromatic rings. The number of nitriles is 1. The second-order valence-corrected chi connectivity index (χ2v) is 6.84. The van der Waals surface area contributed by atoms with Gasteiger partial charge in [-0.2, -0.15) is 10.4 Å². The third kappa shape index (κ3) is 2.69. The number of aromatic nitrogens is 4. The maximum absolute atomic E-state index is 14.5. The van der Waals surface area contributed by atoms with Crippen LogP contribution in [0.2, 0.25) is 0 Å². The number of halogens is 1. The molecule has 1 saturated carbocycles. The first-order valence-corrected chi connectivity index (χ1v) is 8.49. The number of nitrogens with one attached hydrogen (secondary N) is 1. The molecule has 130 valence electrons. The van der Waals surface area contributed by atoms with E-state index in [2.05, 4.69) is 15.2 Å². The third-order valence-corrected chi connectivity index (χ3v) is 5.31. The predicted octanol–water partition coefficient (Wildman–Crippen LogP) is 1.69. The van der Waals surface area contributed by atoms with E-state index < -0.39 is 5.82 Å². The highest BCUT2D eigenvalue weighted by Gasteiger charge is 2.46.